The number of hydrogen-bond acceptors (Lipinski definition) is 4. The highest BCUT2D eigenvalue weighted by atomic mass is 16.3. The zero-order valence-electron chi connectivity index (χ0n) is 7.75. The summed E-state index contributed by atoms with van der Waals surface area (Å²) in [6.45, 7) is 3.91. The molecule has 0 aromatic carbocycles. The molecule has 0 aliphatic heterocycles. The molecule has 0 amide bonds. The maximum Gasteiger partial charge on any atom is 0.0895 e. The second-order valence-electron chi connectivity index (χ2n) is 3.29. The molecule has 0 aliphatic carbocycles. The van der Waals surface area contributed by atoms with E-state index in [9.17, 15) is 0 Å². The minimum atomic E-state index is -0.748. The molecule has 0 heterocycles. The summed E-state index contributed by atoms with van der Waals surface area (Å²) in [6, 6.07) is 0. The smallest absolute Gasteiger partial charge is 0.0895 e. The van der Waals surface area contributed by atoms with Crippen LogP contribution in [0.15, 0.2) is 0 Å². The molecule has 74 valence electrons. The molecule has 1 unspecified atom stereocenters. The molecular weight excluding hydrogens is 158 g/mol. The number of aliphatic hydroxyl groups excluding tert-OH is 3. The van der Waals surface area contributed by atoms with Crippen molar-refractivity contribution >= 4 is 0 Å². The Morgan fingerprint density at radius 1 is 1.42 bits per heavy atom. The van der Waals surface area contributed by atoms with E-state index >= 15 is 0 Å². The molecular formula is C8H19NO3. The van der Waals surface area contributed by atoms with Crippen molar-refractivity contribution in [3.8, 4) is 0 Å². The van der Waals surface area contributed by atoms with E-state index in [1.807, 2.05) is 13.8 Å². The first kappa shape index (κ1) is 11.8. The van der Waals surface area contributed by atoms with Crippen molar-refractivity contribution in [3.05, 3.63) is 0 Å². The van der Waals surface area contributed by atoms with Crippen LogP contribution in [-0.4, -0.2) is 46.7 Å². The van der Waals surface area contributed by atoms with E-state index in [0.29, 0.717) is 6.54 Å². The van der Waals surface area contributed by atoms with Crippen molar-refractivity contribution in [2.75, 3.05) is 19.8 Å². The summed E-state index contributed by atoms with van der Waals surface area (Å²) < 4.78 is 0. The lowest BCUT2D eigenvalue weighted by Crippen LogP contribution is -2.48. The number of nitrogens with one attached hydrogen (secondary N) is 1. The molecule has 0 aliphatic rings. The van der Waals surface area contributed by atoms with E-state index in [2.05, 4.69) is 5.32 Å². The summed E-state index contributed by atoms with van der Waals surface area (Å²) in [5, 5.41) is 29.5. The van der Waals surface area contributed by atoms with E-state index in [1.165, 1.54) is 0 Å². The predicted molar refractivity (Wildman–Crippen MR) is 46.9 cm³/mol. The number of aliphatic hydroxyl groups is 3. The van der Waals surface area contributed by atoms with Gasteiger partial charge in [0.1, 0.15) is 0 Å². The van der Waals surface area contributed by atoms with Crippen molar-refractivity contribution < 1.29 is 15.3 Å². The summed E-state index contributed by atoms with van der Waals surface area (Å²) in [5.74, 6) is 0. The Morgan fingerprint density at radius 2 is 2.00 bits per heavy atom. The standard InChI is InChI=1S/C8H19NO3/c1-3-8(2,6-11)9-4-7(12)5-10/h7,9-12H,3-6H2,1-2H3/t7-,8?/m0/s1. The van der Waals surface area contributed by atoms with Crippen LogP contribution in [0.3, 0.4) is 0 Å². The molecule has 4 nitrogen and oxygen atoms in total. The summed E-state index contributed by atoms with van der Waals surface area (Å²) in [7, 11) is 0. The van der Waals surface area contributed by atoms with Crippen LogP contribution in [0, 0.1) is 0 Å². The van der Waals surface area contributed by atoms with Gasteiger partial charge in [0.15, 0.2) is 0 Å². The molecule has 0 saturated heterocycles. The third-order valence-corrected chi connectivity index (χ3v) is 2.10. The van der Waals surface area contributed by atoms with Crippen LogP contribution in [0.25, 0.3) is 0 Å². The summed E-state index contributed by atoms with van der Waals surface area (Å²) in [4.78, 5) is 0. The van der Waals surface area contributed by atoms with Crippen molar-refractivity contribution in [1.82, 2.24) is 5.32 Å². The molecule has 2 atom stereocenters. The van der Waals surface area contributed by atoms with Crippen LogP contribution in [-0.2, 0) is 0 Å². The Bertz CT molecular complexity index is 115. The molecule has 0 aromatic rings. The lowest BCUT2D eigenvalue weighted by atomic mass is 10.0. The Morgan fingerprint density at radius 3 is 2.33 bits per heavy atom. The molecule has 0 bridgehead atoms. The minimum Gasteiger partial charge on any atom is -0.394 e. The molecule has 0 saturated carbocycles. The normalized spacial score (nSPS) is 18.8. The zero-order chi connectivity index (χ0) is 9.61. The fourth-order valence-corrected chi connectivity index (χ4v) is 0.721. The highest BCUT2D eigenvalue weighted by Crippen LogP contribution is 2.06. The summed E-state index contributed by atoms with van der Waals surface area (Å²) in [5.41, 5.74) is -0.351. The quantitative estimate of drug-likeness (QED) is 0.424. The average molecular weight is 177 g/mol. The van der Waals surface area contributed by atoms with Gasteiger partial charge in [-0.1, -0.05) is 6.92 Å². The van der Waals surface area contributed by atoms with E-state index < -0.39 is 6.10 Å². The van der Waals surface area contributed by atoms with Crippen molar-refractivity contribution in [3.63, 3.8) is 0 Å². The van der Waals surface area contributed by atoms with Crippen LogP contribution in [0.5, 0.6) is 0 Å². The van der Waals surface area contributed by atoms with E-state index in [-0.39, 0.29) is 18.8 Å². The average Bonchev–Trinajstić information content (AvgIpc) is 2.13. The number of rotatable bonds is 6. The van der Waals surface area contributed by atoms with Gasteiger partial charge in [-0.3, -0.25) is 0 Å². The van der Waals surface area contributed by atoms with Gasteiger partial charge in [0.2, 0.25) is 0 Å². The fraction of sp³-hybridized carbons (Fsp3) is 1.00. The Labute approximate surface area is 73.2 Å². The maximum absolute atomic E-state index is 9.02. The summed E-state index contributed by atoms with van der Waals surface area (Å²) in [6.07, 6.45) is 0.0317. The van der Waals surface area contributed by atoms with Gasteiger partial charge in [0, 0.05) is 12.1 Å². The lowest BCUT2D eigenvalue weighted by molar-refractivity contribution is 0.0775. The van der Waals surface area contributed by atoms with Gasteiger partial charge >= 0.3 is 0 Å². The molecule has 0 rings (SSSR count). The van der Waals surface area contributed by atoms with Crippen molar-refractivity contribution in [1.29, 1.82) is 0 Å². The largest absolute Gasteiger partial charge is 0.394 e. The van der Waals surface area contributed by atoms with Crippen molar-refractivity contribution in [2.24, 2.45) is 0 Å². The number of hydrogen-bond donors (Lipinski definition) is 4. The second kappa shape index (κ2) is 5.48. The zero-order valence-corrected chi connectivity index (χ0v) is 7.75. The topological polar surface area (TPSA) is 72.7 Å². The molecule has 0 spiro atoms. The first-order valence-corrected chi connectivity index (χ1v) is 4.22. The van der Waals surface area contributed by atoms with Gasteiger partial charge in [-0.15, -0.1) is 0 Å². The molecule has 12 heavy (non-hydrogen) atoms. The lowest BCUT2D eigenvalue weighted by Gasteiger charge is -2.28. The van der Waals surface area contributed by atoms with E-state index in [0.717, 1.165) is 6.42 Å². The Balaban J connectivity index is 3.72. The maximum atomic E-state index is 9.02. The van der Waals surface area contributed by atoms with Gasteiger partial charge in [0.05, 0.1) is 19.3 Å². The monoisotopic (exact) mass is 177 g/mol. The third kappa shape index (κ3) is 4.01. The van der Waals surface area contributed by atoms with Crippen LogP contribution in [0.2, 0.25) is 0 Å². The molecule has 4 heteroatoms. The Kier molecular flexibility index (Phi) is 5.41. The van der Waals surface area contributed by atoms with Crippen molar-refractivity contribution in [2.45, 2.75) is 31.9 Å². The third-order valence-electron chi connectivity index (χ3n) is 2.10. The van der Waals surface area contributed by atoms with Gasteiger partial charge in [-0.25, -0.2) is 0 Å². The van der Waals surface area contributed by atoms with E-state index in [4.69, 9.17) is 15.3 Å². The molecule has 0 aromatic heterocycles. The molecule has 4 N–H and O–H groups in total. The Hall–Kier alpha value is -0.160. The van der Waals surface area contributed by atoms with Gasteiger partial charge in [-0.2, -0.15) is 0 Å². The SMILES string of the molecule is CCC(C)(CO)NC[C@H](O)CO. The first-order valence-electron chi connectivity index (χ1n) is 4.22. The van der Waals surface area contributed by atoms with Gasteiger partial charge in [0.25, 0.3) is 0 Å². The highest BCUT2D eigenvalue weighted by molar-refractivity contribution is 4.81. The highest BCUT2D eigenvalue weighted by Gasteiger charge is 2.20. The first-order chi connectivity index (χ1) is 5.58. The van der Waals surface area contributed by atoms with Crippen LogP contribution in [0.4, 0.5) is 0 Å². The number of β-amino-alcohol motifs (C(OH)–C–C–N with tert-alkyl or cyclic N) is 1. The molecule has 0 fully saturated rings. The van der Waals surface area contributed by atoms with Crippen LogP contribution < -0.4 is 5.32 Å². The fourth-order valence-electron chi connectivity index (χ4n) is 0.721. The van der Waals surface area contributed by atoms with Gasteiger partial charge in [-0.05, 0) is 13.3 Å². The van der Waals surface area contributed by atoms with Crippen LogP contribution in [0.1, 0.15) is 20.3 Å². The second-order valence-corrected chi connectivity index (χ2v) is 3.29. The van der Waals surface area contributed by atoms with Gasteiger partial charge < -0.3 is 20.6 Å². The summed E-state index contributed by atoms with van der Waals surface area (Å²) >= 11 is 0. The predicted octanol–water partition coefficient (Wildman–Crippen LogP) is -0.910. The van der Waals surface area contributed by atoms with E-state index in [1.54, 1.807) is 0 Å². The molecule has 0 radical (unpaired) electrons. The minimum absolute atomic E-state index is 0.0294. The van der Waals surface area contributed by atoms with Crippen LogP contribution >= 0.6 is 0 Å².